The van der Waals surface area contributed by atoms with Crippen molar-refractivity contribution in [3.05, 3.63) is 35.4 Å². The van der Waals surface area contributed by atoms with E-state index in [2.05, 4.69) is 17.2 Å². The van der Waals surface area contributed by atoms with E-state index in [-0.39, 0.29) is 19.5 Å². The Labute approximate surface area is 115 Å². The first-order valence-corrected chi connectivity index (χ1v) is 6.06. The second kappa shape index (κ2) is 7.56. The molecule has 0 fully saturated rings. The average molecular weight is 284 g/mol. The van der Waals surface area contributed by atoms with Gasteiger partial charge in [-0.1, -0.05) is 17.9 Å². The Hall–Kier alpha value is -2.00. The number of carbonyl (C=O) groups is 1. The highest BCUT2D eigenvalue weighted by Crippen LogP contribution is 2.20. The third kappa shape index (κ3) is 6.25. The molecular formula is C14H15F3N2O. The van der Waals surface area contributed by atoms with E-state index in [4.69, 9.17) is 5.73 Å². The van der Waals surface area contributed by atoms with Gasteiger partial charge in [-0.05, 0) is 24.6 Å². The van der Waals surface area contributed by atoms with Crippen LogP contribution in [0.2, 0.25) is 0 Å². The zero-order valence-electron chi connectivity index (χ0n) is 10.8. The number of halogens is 3. The predicted molar refractivity (Wildman–Crippen MR) is 70.0 cm³/mol. The molecule has 1 amide bonds. The molecule has 0 spiro atoms. The monoisotopic (exact) mass is 284 g/mol. The molecule has 0 aliphatic rings. The molecule has 1 aromatic carbocycles. The lowest BCUT2D eigenvalue weighted by Gasteiger charge is -2.07. The predicted octanol–water partition coefficient (Wildman–Crippen LogP) is 2.07. The van der Waals surface area contributed by atoms with Crippen molar-refractivity contribution in [3.63, 3.8) is 0 Å². The quantitative estimate of drug-likeness (QED) is 0.657. The third-order valence-electron chi connectivity index (χ3n) is 2.38. The van der Waals surface area contributed by atoms with Gasteiger partial charge in [-0.25, -0.2) is 0 Å². The lowest BCUT2D eigenvalue weighted by molar-refractivity contribution is -0.135. The first-order valence-electron chi connectivity index (χ1n) is 6.06. The van der Waals surface area contributed by atoms with Crippen molar-refractivity contribution in [2.75, 3.05) is 13.1 Å². The van der Waals surface area contributed by atoms with Gasteiger partial charge in [0.1, 0.15) is 0 Å². The maximum absolute atomic E-state index is 11.9. The largest absolute Gasteiger partial charge is 0.389 e. The number of amides is 1. The van der Waals surface area contributed by atoms with Crippen LogP contribution in [0.25, 0.3) is 0 Å². The molecule has 0 aliphatic heterocycles. The van der Waals surface area contributed by atoms with E-state index in [0.717, 1.165) is 0 Å². The van der Waals surface area contributed by atoms with Crippen LogP contribution in [0.15, 0.2) is 24.3 Å². The van der Waals surface area contributed by atoms with Crippen molar-refractivity contribution >= 4 is 5.91 Å². The first-order chi connectivity index (χ1) is 9.42. The number of hydrogen-bond donors (Lipinski definition) is 2. The van der Waals surface area contributed by atoms with Crippen LogP contribution in [-0.4, -0.2) is 25.2 Å². The van der Waals surface area contributed by atoms with E-state index < -0.39 is 18.5 Å². The Kier molecular flexibility index (Phi) is 6.07. The molecule has 0 saturated carbocycles. The Bertz CT molecular complexity index is 515. The Morgan fingerprint density at radius 2 is 2.10 bits per heavy atom. The highest BCUT2D eigenvalue weighted by molar-refractivity contribution is 5.94. The minimum atomic E-state index is -4.19. The average Bonchev–Trinajstić information content (AvgIpc) is 2.40. The summed E-state index contributed by atoms with van der Waals surface area (Å²) in [6.07, 6.45) is -5.24. The van der Waals surface area contributed by atoms with Crippen LogP contribution in [0.1, 0.15) is 28.8 Å². The van der Waals surface area contributed by atoms with Crippen LogP contribution in [-0.2, 0) is 0 Å². The van der Waals surface area contributed by atoms with Gasteiger partial charge in [-0.15, -0.1) is 0 Å². The zero-order chi connectivity index (χ0) is 15.0. The summed E-state index contributed by atoms with van der Waals surface area (Å²) in [6, 6.07) is 6.53. The van der Waals surface area contributed by atoms with Gasteiger partial charge in [0.15, 0.2) is 0 Å². The SMILES string of the molecule is NCC#Cc1cccc(C(=O)NCCCC(F)(F)F)c1. The van der Waals surface area contributed by atoms with Gasteiger partial charge in [0.25, 0.3) is 5.91 Å². The molecule has 1 aromatic rings. The van der Waals surface area contributed by atoms with Crippen molar-refractivity contribution in [2.24, 2.45) is 5.73 Å². The van der Waals surface area contributed by atoms with Crippen molar-refractivity contribution in [1.29, 1.82) is 0 Å². The van der Waals surface area contributed by atoms with E-state index in [1.54, 1.807) is 24.3 Å². The number of nitrogens with one attached hydrogen (secondary N) is 1. The molecule has 0 radical (unpaired) electrons. The van der Waals surface area contributed by atoms with Gasteiger partial charge in [-0.3, -0.25) is 4.79 Å². The van der Waals surface area contributed by atoms with E-state index in [1.165, 1.54) is 0 Å². The molecule has 0 aliphatic carbocycles. The fourth-order valence-electron chi connectivity index (χ4n) is 1.48. The topological polar surface area (TPSA) is 55.1 Å². The Morgan fingerprint density at radius 3 is 2.75 bits per heavy atom. The fraction of sp³-hybridized carbons (Fsp3) is 0.357. The van der Waals surface area contributed by atoms with E-state index >= 15 is 0 Å². The van der Waals surface area contributed by atoms with Crippen molar-refractivity contribution in [2.45, 2.75) is 19.0 Å². The summed E-state index contributed by atoms with van der Waals surface area (Å²) in [4.78, 5) is 11.7. The highest BCUT2D eigenvalue weighted by Gasteiger charge is 2.25. The lowest BCUT2D eigenvalue weighted by Crippen LogP contribution is -2.25. The smallest absolute Gasteiger partial charge is 0.352 e. The summed E-state index contributed by atoms with van der Waals surface area (Å²) in [5, 5.41) is 2.44. The number of carbonyl (C=O) groups excluding carboxylic acids is 1. The van der Waals surface area contributed by atoms with Gasteiger partial charge < -0.3 is 11.1 Å². The van der Waals surface area contributed by atoms with Crippen LogP contribution < -0.4 is 11.1 Å². The molecule has 0 bridgehead atoms. The van der Waals surface area contributed by atoms with E-state index in [0.29, 0.717) is 11.1 Å². The van der Waals surface area contributed by atoms with Crippen LogP contribution in [0.5, 0.6) is 0 Å². The van der Waals surface area contributed by atoms with Crippen LogP contribution >= 0.6 is 0 Å². The number of rotatable bonds is 4. The van der Waals surface area contributed by atoms with Crippen molar-refractivity contribution < 1.29 is 18.0 Å². The summed E-state index contributed by atoms with van der Waals surface area (Å²) in [6.45, 7) is 0.199. The lowest BCUT2D eigenvalue weighted by atomic mass is 10.1. The second-order valence-electron chi connectivity index (χ2n) is 4.06. The molecule has 3 nitrogen and oxygen atoms in total. The third-order valence-corrected chi connectivity index (χ3v) is 2.38. The van der Waals surface area contributed by atoms with Crippen molar-refractivity contribution in [3.8, 4) is 11.8 Å². The van der Waals surface area contributed by atoms with Gasteiger partial charge in [0, 0.05) is 24.1 Å². The number of alkyl halides is 3. The highest BCUT2D eigenvalue weighted by atomic mass is 19.4. The molecule has 108 valence electrons. The number of nitrogens with two attached hydrogens (primary N) is 1. The minimum absolute atomic E-state index is 0.0168. The molecule has 0 heterocycles. The molecule has 0 saturated heterocycles. The standard InChI is InChI=1S/C14H15F3N2O/c15-14(16,17)7-3-9-19-13(20)12-6-1-4-11(10-12)5-2-8-18/h1,4,6,10H,3,7-9,18H2,(H,19,20). The summed E-state index contributed by atoms with van der Waals surface area (Å²) in [7, 11) is 0. The molecular weight excluding hydrogens is 269 g/mol. The van der Waals surface area contributed by atoms with Gasteiger partial charge in [0.2, 0.25) is 0 Å². The molecule has 3 N–H and O–H groups in total. The van der Waals surface area contributed by atoms with Crippen LogP contribution in [0, 0.1) is 11.8 Å². The van der Waals surface area contributed by atoms with Gasteiger partial charge in [-0.2, -0.15) is 13.2 Å². The number of benzene rings is 1. The Balaban J connectivity index is 2.51. The maximum Gasteiger partial charge on any atom is 0.389 e. The molecule has 0 unspecified atom stereocenters. The van der Waals surface area contributed by atoms with E-state index in [9.17, 15) is 18.0 Å². The summed E-state index contributed by atoms with van der Waals surface area (Å²) in [5.41, 5.74) is 6.24. The molecule has 1 rings (SSSR count). The Morgan fingerprint density at radius 1 is 1.35 bits per heavy atom. The summed E-state index contributed by atoms with van der Waals surface area (Å²) < 4.78 is 35.8. The molecule has 6 heteroatoms. The zero-order valence-corrected chi connectivity index (χ0v) is 10.8. The van der Waals surface area contributed by atoms with Crippen molar-refractivity contribution in [1.82, 2.24) is 5.32 Å². The summed E-state index contributed by atoms with van der Waals surface area (Å²) in [5.74, 6) is 5.03. The normalized spacial score (nSPS) is 10.6. The van der Waals surface area contributed by atoms with Crippen LogP contribution in [0.4, 0.5) is 13.2 Å². The fourth-order valence-corrected chi connectivity index (χ4v) is 1.48. The maximum atomic E-state index is 11.9. The van der Waals surface area contributed by atoms with Crippen LogP contribution in [0.3, 0.4) is 0 Å². The molecule has 20 heavy (non-hydrogen) atoms. The van der Waals surface area contributed by atoms with Gasteiger partial charge in [0.05, 0.1) is 6.54 Å². The second-order valence-corrected chi connectivity index (χ2v) is 4.06. The minimum Gasteiger partial charge on any atom is -0.352 e. The number of hydrogen-bond acceptors (Lipinski definition) is 2. The molecule has 0 atom stereocenters. The summed E-state index contributed by atoms with van der Waals surface area (Å²) >= 11 is 0. The van der Waals surface area contributed by atoms with E-state index in [1.807, 2.05) is 0 Å². The molecule has 0 aromatic heterocycles. The first kappa shape index (κ1) is 16.1. The van der Waals surface area contributed by atoms with Gasteiger partial charge >= 0.3 is 6.18 Å².